The van der Waals surface area contributed by atoms with Gasteiger partial charge in [0.05, 0.1) is 11.3 Å². The Balaban J connectivity index is 1.47. The molecule has 0 unspecified atom stereocenters. The number of nitrogens with zero attached hydrogens (tertiary/aromatic N) is 3. The maximum absolute atomic E-state index is 12.4. The standard InChI is InChI=1S/C20H21ClN4O/c21-18-6-3-4-16(14-18)8-9-24-10-12-25(13-11-24)20(26)23-19-7-2-1-5-17(19)15-22/h1-7,14H,8-13H2,(H,23,26). The molecule has 5 nitrogen and oxygen atoms in total. The number of para-hydroxylation sites is 1. The minimum atomic E-state index is -0.151. The van der Waals surface area contributed by atoms with Crippen molar-refractivity contribution in [1.29, 1.82) is 5.26 Å². The third kappa shape index (κ3) is 4.75. The van der Waals surface area contributed by atoms with Gasteiger partial charge < -0.3 is 10.2 Å². The average molecular weight is 369 g/mol. The summed E-state index contributed by atoms with van der Waals surface area (Å²) >= 11 is 6.02. The van der Waals surface area contributed by atoms with Gasteiger partial charge in [0.2, 0.25) is 0 Å². The van der Waals surface area contributed by atoms with Crippen LogP contribution in [0.15, 0.2) is 48.5 Å². The molecule has 1 fully saturated rings. The molecule has 0 atom stereocenters. The van der Waals surface area contributed by atoms with Crippen LogP contribution >= 0.6 is 11.6 Å². The number of carbonyl (C=O) groups is 1. The highest BCUT2D eigenvalue weighted by molar-refractivity contribution is 6.30. The Bertz CT molecular complexity index is 809. The van der Waals surface area contributed by atoms with E-state index in [1.165, 1.54) is 5.56 Å². The maximum Gasteiger partial charge on any atom is 0.321 e. The lowest BCUT2D eigenvalue weighted by molar-refractivity contribution is 0.148. The Morgan fingerprint density at radius 3 is 2.62 bits per heavy atom. The molecule has 6 heteroatoms. The van der Waals surface area contributed by atoms with E-state index in [1.807, 2.05) is 24.3 Å². The minimum Gasteiger partial charge on any atom is -0.322 e. The summed E-state index contributed by atoms with van der Waals surface area (Å²) in [5.41, 5.74) is 2.26. The van der Waals surface area contributed by atoms with Crippen molar-refractivity contribution in [3.8, 4) is 6.07 Å². The van der Waals surface area contributed by atoms with Crippen LogP contribution < -0.4 is 5.32 Å². The number of hydrogen-bond acceptors (Lipinski definition) is 3. The summed E-state index contributed by atoms with van der Waals surface area (Å²) in [6.07, 6.45) is 0.947. The number of anilines is 1. The Kier molecular flexibility index (Phi) is 6.11. The molecule has 3 rings (SSSR count). The van der Waals surface area contributed by atoms with Gasteiger partial charge in [0.15, 0.2) is 0 Å². The van der Waals surface area contributed by atoms with Crippen molar-refractivity contribution < 1.29 is 4.79 Å². The van der Waals surface area contributed by atoms with Gasteiger partial charge >= 0.3 is 6.03 Å². The van der Waals surface area contributed by atoms with Crippen molar-refractivity contribution in [2.45, 2.75) is 6.42 Å². The quantitative estimate of drug-likeness (QED) is 0.896. The van der Waals surface area contributed by atoms with E-state index in [9.17, 15) is 4.79 Å². The summed E-state index contributed by atoms with van der Waals surface area (Å²) < 4.78 is 0. The van der Waals surface area contributed by atoms with Gasteiger partial charge in [-0.25, -0.2) is 4.79 Å². The van der Waals surface area contributed by atoms with E-state index in [-0.39, 0.29) is 6.03 Å². The molecule has 0 aliphatic carbocycles. The van der Waals surface area contributed by atoms with Gasteiger partial charge in [-0.15, -0.1) is 0 Å². The molecule has 1 aliphatic heterocycles. The van der Waals surface area contributed by atoms with Gasteiger partial charge in [0, 0.05) is 37.7 Å². The zero-order valence-corrected chi connectivity index (χ0v) is 15.2. The van der Waals surface area contributed by atoms with Crippen LogP contribution in [-0.4, -0.2) is 48.6 Å². The molecule has 1 N–H and O–H groups in total. The molecule has 2 aromatic rings. The summed E-state index contributed by atoms with van der Waals surface area (Å²) in [4.78, 5) is 16.6. The Morgan fingerprint density at radius 2 is 1.88 bits per heavy atom. The zero-order chi connectivity index (χ0) is 18.4. The topological polar surface area (TPSA) is 59.4 Å². The summed E-state index contributed by atoms with van der Waals surface area (Å²) in [5.74, 6) is 0. The molecule has 26 heavy (non-hydrogen) atoms. The number of piperazine rings is 1. The van der Waals surface area contributed by atoms with Crippen LogP contribution in [0.1, 0.15) is 11.1 Å². The zero-order valence-electron chi connectivity index (χ0n) is 14.5. The average Bonchev–Trinajstić information content (AvgIpc) is 2.67. The number of rotatable bonds is 4. The highest BCUT2D eigenvalue weighted by atomic mass is 35.5. The van der Waals surface area contributed by atoms with Crippen molar-refractivity contribution in [2.24, 2.45) is 0 Å². The van der Waals surface area contributed by atoms with Crippen molar-refractivity contribution in [2.75, 3.05) is 38.0 Å². The smallest absolute Gasteiger partial charge is 0.321 e. The molecule has 0 spiro atoms. The highest BCUT2D eigenvalue weighted by Crippen LogP contribution is 2.15. The minimum absolute atomic E-state index is 0.151. The summed E-state index contributed by atoms with van der Waals surface area (Å²) in [5, 5.41) is 12.7. The third-order valence-corrected chi connectivity index (χ3v) is 4.79. The van der Waals surface area contributed by atoms with Crippen LogP contribution in [0.5, 0.6) is 0 Å². The van der Waals surface area contributed by atoms with E-state index in [2.05, 4.69) is 22.4 Å². The van der Waals surface area contributed by atoms with Crippen molar-refractivity contribution in [3.63, 3.8) is 0 Å². The van der Waals surface area contributed by atoms with Crippen LogP contribution in [0.25, 0.3) is 0 Å². The second-order valence-electron chi connectivity index (χ2n) is 6.30. The van der Waals surface area contributed by atoms with Crippen LogP contribution in [0.4, 0.5) is 10.5 Å². The lowest BCUT2D eigenvalue weighted by atomic mass is 10.1. The fourth-order valence-corrected chi connectivity index (χ4v) is 3.25. The molecule has 2 aromatic carbocycles. The molecule has 0 saturated carbocycles. The molecular weight excluding hydrogens is 348 g/mol. The lowest BCUT2D eigenvalue weighted by Gasteiger charge is -2.34. The monoisotopic (exact) mass is 368 g/mol. The van der Waals surface area contributed by atoms with Gasteiger partial charge in [-0.1, -0.05) is 35.9 Å². The maximum atomic E-state index is 12.4. The van der Waals surface area contributed by atoms with Crippen molar-refractivity contribution in [3.05, 3.63) is 64.7 Å². The van der Waals surface area contributed by atoms with Crippen LogP contribution in [-0.2, 0) is 6.42 Å². The second-order valence-corrected chi connectivity index (χ2v) is 6.73. The number of nitrogens with one attached hydrogen (secondary N) is 1. The Hall–Kier alpha value is -2.55. The van der Waals surface area contributed by atoms with Gasteiger partial charge in [0.25, 0.3) is 0 Å². The number of urea groups is 1. The summed E-state index contributed by atoms with van der Waals surface area (Å²) in [7, 11) is 0. The number of hydrogen-bond donors (Lipinski definition) is 1. The number of benzene rings is 2. The number of carbonyl (C=O) groups excluding carboxylic acids is 1. The van der Waals surface area contributed by atoms with E-state index in [0.717, 1.165) is 31.1 Å². The van der Waals surface area contributed by atoms with Crippen LogP contribution in [0, 0.1) is 11.3 Å². The van der Waals surface area contributed by atoms with Crippen LogP contribution in [0.3, 0.4) is 0 Å². The largest absolute Gasteiger partial charge is 0.322 e. The predicted octanol–water partition coefficient (Wildman–Crippen LogP) is 3.60. The summed E-state index contributed by atoms with van der Waals surface area (Å²) in [6, 6.07) is 16.9. The van der Waals surface area contributed by atoms with E-state index in [0.29, 0.717) is 24.3 Å². The Morgan fingerprint density at radius 1 is 1.12 bits per heavy atom. The normalized spacial score (nSPS) is 14.7. The van der Waals surface area contributed by atoms with Crippen molar-refractivity contribution in [1.82, 2.24) is 9.80 Å². The van der Waals surface area contributed by atoms with Gasteiger partial charge in [0.1, 0.15) is 6.07 Å². The van der Waals surface area contributed by atoms with E-state index in [1.54, 1.807) is 23.1 Å². The molecule has 134 valence electrons. The second kappa shape index (κ2) is 8.70. The first-order chi connectivity index (χ1) is 12.7. The van der Waals surface area contributed by atoms with Gasteiger partial charge in [-0.2, -0.15) is 5.26 Å². The molecular formula is C20H21ClN4O. The lowest BCUT2D eigenvalue weighted by Crippen LogP contribution is -2.50. The Labute approximate surface area is 158 Å². The van der Waals surface area contributed by atoms with Gasteiger partial charge in [-0.3, -0.25) is 4.90 Å². The fraction of sp³-hybridized carbons (Fsp3) is 0.300. The fourth-order valence-electron chi connectivity index (χ4n) is 3.04. The third-order valence-electron chi connectivity index (χ3n) is 4.55. The number of halogens is 1. The van der Waals surface area contributed by atoms with Crippen LogP contribution in [0.2, 0.25) is 5.02 Å². The first-order valence-electron chi connectivity index (χ1n) is 8.67. The molecule has 1 saturated heterocycles. The van der Waals surface area contributed by atoms with E-state index >= 15 is 0 Å². The summed E-state index contributed by atoms with van der Waals surface area (Å²) in [6.45, 7) is 3.99. The molecule has 1 aliphatic rings. The predicted molar refractivity (Wildman–Crippen MR) is 103 cm³/mol. The molecule has 0 bridgehead atoms. The molecule has 0 aromatic heterocycles. The highest BCUT2D eigenvalue weighted by Gasteiger charge is 2.21. The number of nitriles is 1. The SMILES string of the molecule is N#Cc1ccccc1NC(=O)N1CCN(CCc2cccc(Cl)c2)CC1. The first kappa shape index (κ1) is 18.2. The first-order valence-corrected chi connectivity index (χ1v) is 9.05. The van der Waals surface area contributed by atoms with E-state index < -0.39 is 0 Å². The van der Waals surface area contributed by atoms with Crippen molar-refractivity contribution >= 4 is 23.3 Å². The molecule has 2 amide bonds. The number of amides is 2. The molecule has 0 radical (unpaired) electrons. The van der Waals surface area contributed by atoms with E-state index in [4.69, 9.17) is 16.9 Å². The van der Waals surface area contributed by atoms with Gasteiger partial charge in [-0.05, 0) is 36.2 Å². The molecule has 1 heterocycles.